The Bertz CT molecular complexity index is 1760. The highest BCUT2D eigenvalue weighted by molar-refractivity contribution is 5.88. The third-order valence-corrected chi connectivity index (χ3v) is 6.78. The zero-order valence-electron chi connectivity index (χ0n) is 25.6. The van der Waals surface area contributed by atoms with Crippen LogP contribution in [0.15, 0.2) is 77.9 Å². The average Bonchev–Trinajstić information content (AvgIpc) is 3.57. The minimum atomic E-state index is -4.05. The molecule has 1 saturated heterocycles. The van der Waals surface area contributed by atoms with E-state index in [4.69, 9.17) is 18.9 Å². The smallest absolute Gasteiger partial charge is 0.444 e. The van der Waals surface area contributed by atoms with Crippen LogP contribution in [0, 0.1) is 0 Å². The fourth-order valence-corrected chi connectivity index (χ4v) is 4.68. The third kappa shape index (κ3) is 7.96. The molecule has 2 unspecified atom stereocenters. The lowest BCUT2D eigenvalue weighted by Crippen LogP contribution is -2.45. The van der Waals surface area contributed by atoms with Gasteiger partial charge in [0.15, 0.2) is 5.82 Å². The number of anilines is 1. The highest BCUT2D eigenvalue weighted by Crippen LogP contribution is 2.44. The van der Waals surface area contributed by atoms with E-state index in [-0.39, 0.29) is 23.7 Å². The molecule has 248 valence electrons. The lowest BCUT2D eigenvalue weighted by atomic mass is 10.1. The van der Waals surface area contributed by atoms with Crippen molar-refractivity contribution in [1.82, 2.24) is 24.5 Å². The summed E-state index contributed by atoms with van der Waals surface area (Å²) in [6.07, 6.45) is -6.40. The van der Waals surface area contributed by atoms with E-state index in [1.807, 2.05) is 30.3 Å². The Labute approximate surface area is 266 Å². The standard InChI is InChI=1S/C31H32F2N6O8/c1-30(2,3)47-29(43)46-24-23(17-40)45-26(31(24,32)33)39-15-21(22-16-38(37-36-22)14-19-10-6-4-7-11-19)25(34-27(39)41)35-28(42)44-18-20-12-8-5-9-13-20/h4-13,15-16,23-24,26,40H,14,17-18H2,1-3H3,(H,34,35,41,42)/t23?,24?,26-/m1/s1. The summed E-state index contributed by atoms with van der Waals surface area (Å²) in [5, 5.41) is 20.4. The van der Waals surface area contributed by atoms with Gasteiger partial charge in [-0.25, -0.2) is 19.1 Å². The Hall–Kier alpha value is -5.22. The molecular weight excluding hydrogens is 622 g/mol. The Kier molecular flexibility index (Phi) is 9.62. The zero-order chi connectivity index (χ0) is 33.8. The number of ether oxygens (including phenoxy) is 4. The number of aliphatic hydroxyl groups excluding tert-OH is 1. The lowest BCUT2D eigenvalue weighted by molar-refractivity contribution is -0.149. The SMILES string of the molecule is CC(C)(C)OC(=O)OC1C(CO)O[C@@H](n2cc(-c3cn(Cc4ccccc4)nn3)c(NC(=O)OCc3ccccc3)nc2=O)C1(F)F. The summed E-state index contributed by atoms with van der Waals surface area (Å²) in [5.74, 6) is -4.40. The maximum absolute atomic E-state index is 15.8. The second kappa shape index (κ2) is 13.6. The molecule has 2 aromatic heterocycles. The van der Waals surface area contributed by atoms with Gasteiger partial charge >= 0.3 is 23.9 Å². The molecule has 2 aromatic carbocycles. The molecule has 0 spiro atoms. The number of hydrogen-bond acceptors (Lipinski definition) is 11. The van der Waals surface area contributed by atoms with Gasteiger partial charge in [0.05, 0.1) is 24.9 Å². The fourth-order valence-electron chi connectivity index (χ4n) is 4.68. The lowest BCUT2D eigenvalue weighted by Gasteiger charge is -2.26. The van der Waals surface area contributed by atoms with Gasteiger partial charge in [-0.05, 0) is 31.9 Å². The van der Waals surface area contributed by atoms with Crippen molar-refractivity contribution in [2.45, 2.75) is 63.9 Å². The van der Waals surface area contributed by atoms with Gasteiger partial charge in [-0.1, -0.05) is 65.9 Å². The molecule has 2 N–H and O–H groups in total. The molecule has 1 aliphatic rings. The first-order chi connectivity index (χ1) is 22.3. The second-order valence-electron chi connectivity index (χ2n) is 11.6. The molecule has 3 atom stereocenters. The fraction of sp³-hybridized carbons (Fsp3) is 0.355. The summed E-state index contributed by atoms with van der Waals surface area (Å²) in [6, 6.07) is 18.1. The van der Waals surface area contributed by atoms with E-state index in [2.05, 4.69) is 20.6 Å². The molecule has 5 rings (SSSR count). The number of carbonyl (C=O) groups excluding carboxylic acids is 2. The molecule has 1 aliphatic heterocycles. The van der Waals surface area contributed by atoms with Crippen LogP contribution in [0.5, 0.6) is 0 Å². The summed E-state index contributed by atoms with van der Waals surface area (Å²) < 4.78 is 54.1. The number of amides is 1. The molecule has 1 fully saturated rings. The number of aliphatic hydroxyl groups is 1. The van der Waals surface area contributed by atoms with E-state index in [0.717, 1.165) is 11.8 Å². The quantitative estimate of drug-likeness (QED) is 0.249. The van der Waals surface area contributed by atoms with Crippen molar-refractivity contribution in [3.8, 4) is 11.3 Å². The van der Waals surface area contributed by atoms with Crippen LogP contribution in [0.4, 0.5) is 24.2 Å². The molecular formula is C31H32F2N6O8. The summed E-state index contributed by atoms with van der Waals surface area (Å²) in [6.45, 7) is 3.76. The Balaban J connectivity index is 1.48. The van der Waals surface area contributed by atoms with Gasteiger partial charge in [-0.15, -0.1) is 5.10 Å². The van der Waals surface area contributed by atoms with Crippen LogP contribution in [0.25, 0.3) is 11.3 Å². The largest absolute Gasteiger partial charge is 0.509 e. The van der Waals surface area contributed by atoms with Crippen molar-refractivity contribution in [2.24, 2.45) is 0 Å². The molecule has 0 saturated carbocycles. The number of rotatable bonds is 9. The monoisotopic (exact) mass is 654 g/mol. The number of hydrogen-bond donors (Lipinski definition) is 2. The van der Waals surface area contributed by atoms with Gasteiger partial charge in [0.2, 0.25) is 12.3 Å². The number of carbonyl (C=O) groups is 2. The van der Waals surface area contributed by atoms with E-state index >= 15 is 8.78 Å². The molecule has 0 bridgehead atoms. The number of halogens is 2. The highest BCUT2D eigenvalue weighted by Gasteiger charge is 2.62. The maximum atomic E-state index is 15.8. The first kappa shape index (κ1) is 33.2. The number of benzene rings is 2. The Morgan fingerprint density at radius 1 is 1.04 bits per heavy atom. The first-order valence-electron chi connectivity index (χ1n) is 14.4. The van der Waals surface area contributed by atoms with Gasteiger partial charge in [0, 0.05) is 6.20 Å². The minimum Gasteiger partial charge on any atom is -0.444 e. The van der Waals surface area contributed by atoms with E-state index < -0.39 is 54.5 Å². The molecule has 0 aliphatic carbocycles. The number of nitrogens with zero attached hydrogens (tertiary/aromatic N) is 5. The summed E-state index contributed by atoms with van der Waals surface area (Å²) in [5.41, 5.74) is -0.766. The van der Waals surface area contributed by atoms with E-state index in [0.29, 0.717) is 16.7 Å². The molecule has 14 nitrogen and oxygen atoms in total. The van der Waals surface area contributed by atoms with Crippen molar-refractivity contribution in [3.05, 3.63) is 94.7 Å². The van der Waals surface area contributed by atoms with Crippen molar-refractivity contribution in [3.63, 3.8) is 0 Å². The van der Waals surface area contributed by atoms with Crippen LogP contribution in [0.1, 0.15) is 38.1 Å². The van der Waals surface area contributed by atoms with Crippen molar-refractivity contribution < 1.29 is 42.4 Å². The van der Waals surface area contributed by atoms with Crippen LogP contribution in [-0.4, -0.2) is 72.2 Å². The van der Waals surface area contributed by atoms with E-state index in [9.17, 15) is 19.5 Å². The van der Waals surface area contributed by atoms with Crippen LogP contribution >= 0.6 is 0 Å². The topological polar surface area (TPSA) is 169 Å². The molecule has 1 amide bonds. The number of alkyl halides is 2. The van der Waals surface area contributed by atoms with Gasteiger partial charge < -0.3 is 24.1 Å². The van der Waals surface area contributed by atoms with Crippen LogP contribution in [0.3, 0.4) is 0 Å². The number of aromatic nitrogens is 5. The molecule has 47 heavy (non-hydrogen) atoms. The summed E-state index contributed by atoms with van der Waals surface area (Å²) in [4.78, 5) is 42.1. The Morgan fingerprint density at radius 3 is 2.34 bits per heavy atom. The predicted octanol–water partition coefficient (Wildman–Crippen LogP) is 4.14. The van der Waals surface area contributed by atoms with E-state index in [1.165, 1.54) is 31.6 Å². The average molecular weight is 655 g/mol. The Morgan fingerprint density at radius 2 is 1.70 bits per heavy atom. The molecule has 4 aromatic rings. The van der Waals surface area contributed by atoms with Crippen LogP contribution in [-0.2, 0) is 32.1 Å². The van der Waals surface area contributed by atoms with Crippen molar-refractivity contribution >= 4 is 18.1 Å². The normalized spacial score (nSPS) is 18.8. The van der Waals surface area contributed by atoms with Gasteiger partial charge in [0.25, 0.3) is 0 Å². The van der Waals surface area contributed by atoms with Crippen molar-refractivity contribution in [2.75, 3.05) is 11.9 Å². The van der Waals surface area contributed by atoms with Crippen LogP contribution < -0.4 is 11.0 Å². The van der Waals surface area contributed by atoms with E-state index in [1.54, 1.807) is 30.3 Å². The molecule has 3 heterocycles. The van der Waals surface area contributed by atoms with Crippen LogP contribution in [0.2, 0.25) is 0 Å². The van der Waals surface area contributed by atoms with Gasteiger partial charge in [0.1, 0.15) is 24.0 Å². The predicted molar refractivity (Wildman–Crippen MR) is 160 cm³/mol. The molecule has 16 heteroatoms. The summed E-state index contributed by atoms with van der Waals surface area (Å²) in [7, 11) is 0. The highest BCUT2D eigenvalue weighted by atomic mass is 19.3. The zero-order valence-corrected chi connectivity index (χ0v) is 25.6. The number of nitrogens with one attached hydrogen (secondary N) is 1. The minimum absolute atomic E-state index is 0.0575. The van der Waals surface area contributed by atoms with Gasteiger partial charge in [-0.2, -0.15) is 13.8 Å². The maximum Gasteiger partial charge on any atom is 0.509 e. The molecule has 0 radical (unpaired) electrons. The van der Waals surface area contributed by atoms with Crippen molar-refractivity contribution in [1.29, 1.82) is 0 Å². The summed E-state index contributed by atoms with van der Waals surface area (Å²) >= 11 is 0. The first-order valence-corrected chi connectivity index (χ1v) is 14.4. The van der Waals surface area contributed by atoms with Gasteiger partial charge in [-0.3, -0.25) is 9.88 Å². The third-order valence-electron chi connectivity index (χ3n) is 6.78. The second-order valence-corrected chi connectivity index (χ2v) is 11.6.